The summed E-state index contributed by atoms with van der Waals surface area (Å²) in [5.41, 5.74) is 4.91. The maximum Gasteiger partial charge on any atom is 0.0135 e. The molecule has 0 aliphatic heterocycles. The highest BCUT2D eigenvalue weighted by Crippen LogP contribution is 1.59. The van der Waals surface area contributed by atoms with E-state index in [1.54, 1.807) is 6.08 Å². The van der Waals surface area contributed by atoms with Crippen molar-refractivity contribution in [3.05, 3.63) is 38.0 Å². The van der Waals surface area contributed by atoms with Gasteiger partial charge < -0.3 is 11.1 Å². The Bertz CT molecular complexity index is 89.7. The van der Waals surface area contributed by atoms with Crippen LogP contribution in [0, 0.1) is 0 Å². The molecule has 0 aromatic rings. The lowest BCUT2D eigenvalue weighted by molar-refractivity contribution is 0.845. The molecule has 0 spiro atoms. The Morgan fingerprint density at radius 2 is 1.36 bits per heavy atom. The molecule has 2 heteroatoms. The minimum atomic E-state index is 0.583. The predicted molar refractivity (Wildman–Crippen MR) is 52.5 cm³/mol. The van der Waals surface area contributed by atoms with E-state index in [4.69, 9.17) is 5.73 Å². The molecule has 0 saturated carbocycles. The molecule has 0 radical (unpaired) electrons. The van der Waals surface area contributed by atoms with Crippen LogP contribution in [-0.4, -0.2) is 19.6 Å². The Labute approximate surface area is 69.5 Å². The zero-order valence-electron chi connectivity index (χ0n) is 7.05. The molecule has 0 heterocycles. The van der Waals surface area contributed by atoms with Gasteiger partial charge >= 0.3 is 0 Å². The molecule has 0 saturated heterocycles. The summed E-state index contributed by atoms with van der Waals surface area (Å²) in [6.45, 7) is 12.7. The van der Waals surface area contributed by atoms with Crippen molar-refractivity contribution in [3.63, 3.8) is 0 Å². The lowest BCUT2D eigenvalue weighted by Crippen LogP contribution is -2.11. The van der Waals surface area contributed by atoms with E-state index in [1.807, 2.05) is 12.2 Å². The van der Waals surface area contributed by atoms with Crippen LogP contribution in [0.15, 0.2) is 38.0 Å². The standard InChI is InChI=1S/C6H11N.C3H7N/c1-3-5-7-6-4-2;1-2-3-4/h3-4,7H,1-2,5-6H2;2H,1,3-4H2. The van der Waals surface area contributed by atoms with Crippen molar-refractivity contribution in [3.8, 4) is 0 Å². The molecule has 0 aromatic carbocycles. The van der Waals surface area contributed by atoms with Crippen LogP contribution in [0.25, 0.3) is 0 Å². The van der Waals surface area contributed by atoms with Crippen molar-refractivity contribution >= 4 is 0 Å². The van der Waals surface area contributed by atoms with Crippen molar-refractivity contribution in [1.29, 1.82) is 0 Å². The molecule has 2 nitrogen and oxygen atoms in total. The third-order valence-electron chi connectivity index (χ3n) is 0.744. The van der Waals surface area contributed by atoms with E-state index in [1.165, 1.54) is 0 Å². The fourth-order valence-corrected chi connectivity index (χ4v) is 0.287. The molecule has 0 aromatic heterocycles. The van der Waals surface area contributed by atoms with Crippen molar-refractivity contribution in [2.45, 2.75) is 0 Å². The summed E-state index contributed by atoms with van der Waals surface area (Å²) in [4.78, 5) is 0. The van der Waals surface area contributed by atoms with E-state index in [9.17, 15) is 0 Å². The van der Waals surface area contributed by atoms with E-state index < -0.39 is 0 Å². The van der Waals surface area contributed by atoms with Crippen molar-refractivity contribution in [1.82, 2.24) is 5.32 Å². The second kappa shape index (κ2) is 16.1. The second-order valence-electron chi connectivity index (χ2n) is 1.76. The van der Waals surface area contributed by atoms with E-state index in [-0.39, 0.29) is 0 Å². The fourth-order valence-electron chi connectivity index (χ4n) is 0.287. The molecule has 0 bridgehead atoms. The zero-order valence-corrected chi connectivity index (χ0v) is 7.05. The first-order valence-electron chi connectivity index (χ1n) is 3.56. The Morgan fingerprint density at radius 1 is 1.00 bits per heavy atom. The fraction of sp³-hybridized carbons (Fsp3) is 0.333. The number of hydrogen-bond acceptors (Lipinski definition) is 2. The van der Waals surface area contributed by atoms with Gasteiger partial charge in [-0.1, -0.05) is 18.2 Å². The van der Waals surface area contributed by atoms with Gasteiger partial charge in [-0.05, 0) is 0 Å². The summed E-state index contributed by atoms with van der Waals surface area (Å²) in [5.74, 6) is 0. The molecule has 0 unspecified atom stereocenters. The molecule has 0 fully saturated rings. The highest BCUT2D eigenvalue weighted by atomic mass is 14.8. The first-order chi connectivity index (χ1) is 5.33. The number of hydrogen-bond donors (Lipinski definition) is 2. The van der Waals surface area contributed by atoms with Crippen molar-refractivity contribution < 1.29 is 0 Å². The van der Waals surface area contributed by atoms with E-state index >= 15 is 0 Å². The van der Waals surface area contributed by atoms with Crippen LogP contribution in [0.5, 0.6) is 0 Å². The summed E-state index contributed by atoms with van der Waals surface area (Å²) in [7, 11) is 0. The summed E-state index contributed by atoms with van der Waals surface area (Å²) in [6, 6.07) is 0. The number of rotatable bonds is 5. The van der Waals surface area contributed by atoms with Gasteiger partial charge in [-0.3, -0.25) is 0 Å². The summed E-state index contributed by atoms with van der Waals surface area (Å²) in [6.07, 6.45) is 5.30. The quantitative estimate of drug-likeness (QED) is 0.459. The summed E-state index contributed by atoms with van der Waals surface area (Å²) < 4.78 is 0. The average molecular weight is 154 g/mol. The smallest absolute Gasteiger partial charge is 0.0135 e. The third-order valence-corrected chi connectivity index (χ3v) is 0.744. The van der Waals surface area contributed by atoms with Gasteiger partial charge in [-0.15, -0.1) is 19.7 Å². The van der Waals surface area contributed by atoms with Gasteiger partial charge in [0.25, 0.3) is 0 Å². The molecule has 0 aliphatic carbocycles. The normalized spacial score (nSPS) is 7.36. The monoisotopic (exact) mass is 154 g/mol. The highest BCUT2D eigenvalue weighted by molar-refractivity contribution is 4.75. The molecule has 0 rings (SSSR count). The largest absolute Gasteiger partial charge is 0.327 e. The Kier molecular flexibility index (Phi) is 18.7. The molecule has 0 aliphatic rings. The topological polar surface area (TPSA) is 38.0 Å². The van der Waals surface area contributed by atoms with Crippen LogP contribution in [0.4, 0.5) is 0 Å². The highest BCUT2D eigenvalue weighted by Gasteiger charge is 1.69. The van der Waals surface area contributed by atoms with Crippen LogP contribution >= 0.6 is 0 Å². The van der Waals surface area contributed by atoms with Crippen molar-refractivity contribution in [2.75, 3.05) is 19.6 Å². The molecule has 64 valence electrons. The second-order valence-corrected chi connectivity index (χ2v) is 1.76. The van der Waals surface area contributed by atoms with Gasteiger partial charge in [-0.2, -0.15) is 0 Å². The van der Waals surface area contributed by atoms with Gasteiger partial charge in [0.2, 0.25) is 0 Å². The van der Waals surface area contributed by atoms with Crippen LogP contribution in [0.1, 0.15) is 0 Å². The average Bonchev–Trinajstić information content (AvgIpc) is 2.06. The van der Waals surface area contributed by atoms with Crippen LogP contribution in [0.2, 0.25) is 0 Å². The van der Waals surface area contributed by atoms with Gasteiger partial charge in [0, 0.05) is 19.6 Å². The Hall–Kier alpha value is -0.860. The molecule has 0 atom stereocenters. The third kappa shape index (κ3) is 27.2. The molecular formula is C9H18N2. The van der Waals surface area contributed by atoms with Gasteiger partial charge in [0.1, 0.15) is 0 Å². The van der Waals surface area contributed by atoms with E-state index in [0.29, 0.717) is 6.54 Å². The lowest BCUT2D eigenvalue weighted by atomic mass is 10.5. The SMILES string of the molecule is C=CCN.C=CCNCC=C. The molecule has 3 N–H and O–H groups in total. The maximum atomic E-state index is 4.91. The minimum Gasteiger partial charge on any atom is -0.327 e. The number of nitrogens with two attached hydrogens (primary N) is 1. The minimum absolute atomic E-state index is 0.583. The molecule has 11 heavy (non-hydrogen) atoms. The van der Waals surface area contributed by atoms with E-state index in [2.05, 4.69) is 25.1 Å². The number of nitrogens with one attached hydrogen (secondary N) is 1. The first-order valence-corrected chi connectivity index (χ1v) is 3.56. The molecule has 0 amide bonds. The Balaban J connectivity index is 0. The molecular weight excluding hydrogens is 136 g/mol. The van der Waals surface area contributed by atoms with E-state index in [0.717, 1.165) is 13.1 Å². The van der Waals surface area contributed by atoms with Crippen LogP contribution in [0.3, 0.4) is 0 Å². The predicted octanol–water partition coefficient (Wildman–Crippen LogP) is 1.08. The summed E-state index contributed by atoms with van der Waals surface area (Å²) >= 11 is 0. The zero-order chi connectivity index (χ0) is 8.95. The van der Waals surface area contributed by atoms with Crippen molar-refractivity contribution in [2.24, 2.45) is 5.73 Å². The maximum absolute atomic E-state index is 4.91. The van der Waals surface area contributed by atoms with Crippen LogP contribution in [-0.2, 0) is 0 Å². The summed E-state index contributed by atoms with van der Waals surface area (Å²) in [5, 5.41) is 3.05. The van der Waals surface area contributed by atoms with Gasteiger partial charge in [-0.25, -0.2) is 0 Å². The first kappa shape index (κ1) is 12.8. The van der Waals surface area contributed by atoms with Gasteiger partial charge in [0.15, 0.2) is 0 Å². The Morgan fingerprint density at radius 3 is 1.55 bits per heavy atom. The van der Waals surface area contributed by atoms with Gasteiger partial charge in [0.05, 0.1) is 0 Å². The van der Waals surface area contributed by atoms with Crippen LogP contribution < -0.4 is 11.1 Å². The lowest BCUT2D eigenvalue weighted by Gasteiger charge is -1.90.